The molecule has 0 aromatic heterocycles. The third-order valence-corrected chi connectivity index (χ3v) is 3.92. The second-order valence-electron chi connectivity index (χ2n) is 4.64. The predicted molar refractivity (Wildman–Crippen MR) is 69.8 cm³/mol. The van der Waals surface area contributed by atoms with Crippen LogP contribution in [0.15, 0.2) is 28.7 Å². The first-order chi connectivity index (χ1) is 8.08. The van der Waals surface area contributed by atoms with Crippen molar-refractivity contribution in [1.29, 1.82) is 0 Å². The third kappa shape index (κ3) is 2.87. The monoisotopic (exact) mass is 297 g/mol. The highest BCUT2D eigenvalue weighted by Crippen LogP contribution is 2.31. The zero-order valence-corrected chi connectivity index (χ0v) is 11.3. The number of carboxylic acids is 1. The van der Waals surface area contributed by atoms with Crippen molar-refractivity contribution in [2.45, 2.75) is 31.8 Å². The molecule has 3 nitrogen and oxygen atoms in total. The molecule has 0 aliphatic carbocycles. The predicted octanol–water partition coefficient (Wildman–Crippen LogP) is 2.96. The van der Waals surface area contributed by atoms with Crippen LogP contribution in [0.4, 0.5) is 0 Å². The first kappa shape index (κ1) is 12.6. The number of nitrogens with one attached hydrogen (secondary N) is 1. The van der Waals surface area contributed by atoms with Gasteiger partial charge in [-0.25, -0.2) is 0 Å². The Labute approximate surface area is 109 Å². The van der Waals surface area contributed by atoms with E-state index in [1.165, 1.54) is 0 Å². The minimum Gasteiger partial charge on any atom is -0.480 e. The van der Waals surface area contributed by atoms with Crippen LogP contribution in [0.25, 0.3) is 0 Å². The summed E-state index contributed by atoms with van der Waals surface area (Å²) in [4.78, 5) is 11.0. The Morgan fingerprint density at radius 1 is 1.35 bits per heavy atom. The Morgan fingerprint density at radius 2 is 2.00 bits per heavy atom. The number of benzene rings is 1. The fraction of sp³-hybridized carbons (Fsp3) is 0.462. The normalized spacial score (nSPS) is 28.9. The van der Waals surface area contributed by atoms with E-state index in [1.54, 1.807) is 0 Å². The Morgan fingerprint density at radius 3 is 2.59 bits per heavy atom. The topological polar surface area (TPSA) is 49.3 Å². The number of aliphatic carboxylic acids is 1. The van der Waals surface area contributed by atoms with Gasteiger partial charge in [-0.05, 0) is 36.5 Å². The molecule has 1 saturated heterocycles. The highest BCUT2D eigenvalue weighted by molar-refractivity contribution is 9.10. The standard InChI is InChI=1S/C13H16BrNO2/c1-8-2-7-11(13(16)17)15-12(8)9-3-5-10(14)6-4-9/h3-6,8,11-12,15H,2,7H2,1H3,(H,16,17)/t8-,11-,12-/m0/s1. The van der Waals surface area contributed by atoms with Gasteiger partial charge in [0.1, 0.15) is 6.04 Å². The van der Waals surface area contributed by atoms with Gasteiger partial charge in [0.05, 0.1) is 0 Å². The van der Waals surface area contributed by atoms with Gasteiger partial charge in [0.15, 0.2) is 0 Å². The van der Waals surface area contributed by atoms with Crippen molar-refractivity contribution in [2.24, 2.45) is 5.92 Å². The molecule has 0 radical (unpaired) electrons. The maximum atomic E-state index is 11.0. The Hall–Kier alpha value is -0.870. The SMILES string of the molecule is C[C@H]1CC[C@@H](C(=O)O)N[C@@H]1c1ccc(Br)cc1. The van der Waals surface area contributed by atoms with E-state index in [0.717, 1.165) is 16.5 Å². The molecule has 2 N–H and O–H groups in total. The molecule has 1 aromatic carbocycles. The molecule has 1 aliphatic heterocycles. The Kier molecular flexibility index (Phi) is 3.84. The van der Waals surface area contributed by atoms with E-state index in [0.29, 0.717) is 12.3 Å². The van der Waals surface area contributed by atoms with E-state index in [1.807, 2.05) is 24.3 Å². The lowest BCUT2D eigenvalue weighted by Crippen LogP contribution is -2.45. The summed E-state index contributed by atoms with van der Waals surface area (Å²) in [5, 5.41) is 12.3. The van der Waals surface area contributed by atoms with Crippen LogP contribution in [0.1, 0.15) is 31.4 Å². The molecule has 0 saturated carbocycles. The summed E-state index contributed by atoms with van der Waals surface area (Å²) in [6.07, 6.45) is 1.66. The van der Waals surface area contributed by atoms with Crippen molar-refractivity contribution in [3.63, 3.8) is 0 Å². The minimum atomic E-state index is -0.751. The second kappa shape index (κ2) is 5.19. The Balaban J connectivity index is 2.17. The van der Waals surface area contributed by atoms with E-state index in [9.17, 15) is 4.79 Å². The summed E-state index contributed by atoms with van der Waals surface area (Å²) in [7, 11) is 0. The van der Waals surface area contributed by atoms with Crippen LogP contribution >= 0.6 is 15.9 Å². The molecule has 92 valence electrons. The van der Waals surface area contributed by atoms with Gasteiger partial charge in [0.25, 0.3) is 0 Å². The summed E-state index contributed by atoms with van der Waals surface area (Å²) >= 11 is 3.41. The number of rotatable bonds is 2. The number of piperidine rings is 1. The van der Waals surface area contributed by atoms with E-state index < -0.39 is 12.0 Å². The summed E-state index contributed by atoms with van der Waals surface area (Å²) < 4.78 is 1.04. The number of carbonyl (C=O) groups is 1. The van der Waals surface area contributed by atoms with E-state index >= 15 is 0 Å². The summed E-state index contributed by atoms with van der Waals surface area (Å²) in [6, 6.07) is 7.80. The van der Waals surface area contributed by atoms with Gasteiger partial charge in [-0.2, -0.15) is 0 Å². The van der Waals surface area contributed by atoms with Crippen molar-refractivity contribution < 1.29 is 9.90 Å². The molecule has 0 amide bonds. The molecular weight excluding hydrogens is 282 g/mol. The molecule has 1 fully saturated rings. The average Bonchev–Trinajstić information content (AvgIpc) is 2.31. The summed E-state index contributed by atoms with van der Waals surface area (Å²) in [6.45, 7) is 2.16. The van der Waals surface area contributed by atoms with E-state index in [-0.39, 0.29) is 6.04 Å². The van der Waals surface area contributed by atoms with Crippen LogP contribution in [0, 0.1) is 5.92 Å². The molecule has 1 heterocycles. The molecule has 0 spiro atoms. The maximum Gasteiger partial charge on any atom is 0.320 e. The van der Waals surface area contributed by atoms with Gasteiger partial charge in [0.2, 0.25) is 0 Å². The van der Waals surface area contributed by atoms with Gasteiger partial charge in [0, 0.05) is 10.5 Å². The molecule has 3 atom stereocenters. The lowest BCUT2D eigenvalue weighted by molar-refractivity contribution is -0.140. The van der Waals surface area contributed by atoms with Crippen LogP contribution in [0.2, 0.25) is 0 Å². The van der Waals surface area contributed by atoms with Crippen LogP contribution in [-0.4, -0.2) is 17.1 Å². The summed E-state index contributed by atoms with van der Waals surface area (Å²) in [5.41, 5.74) is 1.16. The molecule has 1 aromatic rings. The molecular formula is C13H16BrNO2. The zero-order chi connectivity index (χ0) is 12.4. The van der Waals surface area contributed by atoms with E-state index in [4.69, 9.17) is 5.11 Å². The molecule has 0 unspecified atom stereocenters. The second-order valence-corrected chi connectivity index (χ2v) is 5.56. The smallest absolute Gasteiger partial charge is 0.320 e. The van der Waals surface area contributed by atoms with Crippen molar-refractivity contribution in [1.82, 2.24) is 5.32 Å². The first-order valence-corrected chi connectivity index (χ1v) is 6.61. The van der Waals surface area contributed by atoms with Gasteiger partial charge >= 0.3 is 5.97 Å². The van der Waals surface area contributed by atoms with Crippen LogP contribution in [-0.2, 0) is 4.79 Å². The lowest BCUT2D eigenvalue weighted by atomic mass is 9.85. The molecule has 4 heteroatoms. The largest absolute Gasteiger partial charge is 0.480 e. The highest BCUT2D eigenvalue weighted by Gasteiger charge is 2.31. The van der Waals surface area contributed by atoms with Gasteiger partial charge < -0.3 is 5.11 Å². The van der Waals surface area contributed by atoms with Crippen molar-refractivity contribution >= 4 is 21.9 Å². The molecule has 17 heavy (non-hydrogen) atoms. The van der Waals surface area contributed by atoms with Gasteiger partial charge in [-0.15, -0.1) is 0 Å². The minimum absolute atomic E-state index is 0.137. The fourth-order valence-electron chi connectivity index (χ4n) is 2.35. The highest BCUT2D eigenvalue weighted by atomic mass is 79.9. The van der Waals surface area contributed by atoms with Crippen LogP contribution in [0.5, 0.6) is 0 Å². The third-order valence-electron chi connectivity index (χ3n) is 3.39. The molecule has 1 aliphatic rings. The molecule has 2 rings (SSSR count). The average molecular weight is 298 g/mol. The molecule has 0 bridgehead atoms. The lowest BCUT2D eigenvalue weighted by Gasteiger charge is -2.34. The zero-order valence-electron chi connectivity index (χ0n) is 9.69. The van der Waals surface area contributed by atoms with Crippen molar-refractivity contribution in [3.8, 4) is 0 Å². The first-order valence-electron chi connectivity index (χ1n) is 5.82. The number of carboxylic acid groups (broad SMARTS) is 1. The quantitative estimate of drug-likeness (QED) is 0.882. The van der Waals surface area contributed by atoms with Crippen LogP contribution in [0.3, 0.4) is 0 Å². The fourth-order valence-corrected chi connectivity index (χ4v) is 2.61. The van der Waals surface area contributed by atoms with E-state index in [2.05, 4.69) is 28.2 Å². The number of hydrogen-bond acceptors (Lipinski definition) is 2. The van der Waals surface area contributed by atoms with Crippen molar-refractivity contribution in [3.05, 3.63) is 34.3 Å². The number of hydrogen-bond donors (Lipinski definition) is 2. The van der Waals surface area contributed by atoms with Crippen LogP contribution < -0.4 is 5.32 Å². The summed E-state index contributed by atoms with van der Waals surface area (Å²) in [5.74, 6) is -0.286. The Bertz CT molecular complexity index is 404. The maximum absolute atomic E-state index is 11.0. The van der Waals surface area contributed by atoms with Gasteiger partial charge in [-0.3, -0.25) is 10.1 Å². The van der Waals surface area contributed by atoms with Crippen molar-refractivity contribution in [2.75, 3.05) is 0 Å². The van der Waals surface area contributed by atoms with Gasteiger partial charge in [-0.1, -0.05) is 35.0 Å². The number of halogens is 1.